The molecule has 1 atom stereocenters. The number of amides is 1. The van der Waals surface area contributed by atoms with Crippen LogP contribution in [0.5, 0.6) is 0 Å². The quantitative estimate of drug-likeness (QED) is 0.635. The smallest absolute Gasteiger partial charge is 0.441 e. The van der Waals surface area contributed by atoms with E-state index in [9.17, 15) is 4.79 Å². The Kier molecular flexibility index (Phi) is 3.15. The molecule has 80 valence electrons. The zero-order chi connectivity index (χ0) is 10.8. The van der Waals surface area contributed by atoms with E-state index in [0.717, 1.165) is 0 Å². The topological polar surface area (TPSA) is 76.7 Å². The third kappa shape index (κ3) is 3.78. The Morgan fingerprint density at radius 2 is 2.36 bits per heavy atom. The van der Waals surface area contributed by atoms with Crippen LogP contribution in [0.15, 0.2) is 16.3 Å². The van der Waals surface area contributed by atoms with E-state index in [4.69, 9.17) is 10.5 Å². The van der Waals surface area contributed by atoms with Gasteiger partial charge >= 0.3 is 6.09 Å². The average molecular weight is 217 g/mol. The van der Waals surface area contributed by atoms with Crippen LogP contribution in [-0.2, 0) is 15.6 Å². The Morgan fingerprint density at radius 3 is 2.79 bits per heavy atom. The molecule has 0 aromatic carbocycles. The fourth-order valence-corrected chi connectivity index (χ4v) is 1.92. The van der Waals surface area contributed by atoms with Gasteiger partial charge in [0.2, 0.25) is 0 Å². The predicted octanol–water partition coefficient (Wildman–Crippen LogP) is 1.04. The molecule has 0 aliphatic carbocycles. The third-order valence-corrected chi connectivity index (χ3v) is 2.63. The number of nitrogens with two attached hydrogens (primary N) is 1. The van der Waals surface area contributed by atoms with Gasteiger partial charge in [0, 0.05) is 22.8 Å². The lowest BCUT2D eigenvalue weighted by atomic mass is 10.2. The Morgan fingerprint density at radius 1 is 1.71 bits per heavy atom. The first-order valence-electron chi connectivity index (χ1n) is 4.23. The number of carbonyl (C=O) groups is 1. The van der Waals surface area contributed by atoms with Crippen LogP contribution < -0.4 is 10.5 Å². The Bertz CT molecular complexity index is 304. The van der Waals surface area contributed by atoms with E-state index in [0.29, 0.717) is 11.4 Å². The first kappa shape index (κ1) is 11.0. The lowest BCUT2D eigenvalue weighted by Crippen LogP contribution is -2.23. The van der Waals surface area contributed by atoms with Crippen LogP contribution in [0.3, 0.4) is 0 Å². The van der Waals surface area contributed by atoms with Crippen molar-refractivity contribution in [2.75, 3.05) is 5.75 Å². The summed E-state index contributed by atoms with van der Waals surface area (Å²) in [5.74, 6) is 0.583. The standard InChI is InChI=1S/C8H15N3O2S/c1-8(2,3)13-7(12)11-14-5-6(9)4-10-14/h4H,5,9H2,1-3H3,(H,10,11,12). The molecule has 1 aliphatic heterocycles. The fraction of sp³-hybridized carbons (Fsp3) is 0.625. The fourth-order valence-electron chi connectivity index (χ4n) is 0.814. The van der Waals surface area contributed by atoms with Gasteiger partial charge in [0.1, 0.15) is 5.60 Å². The first-order valence-corrected chi connectivity index (χ1v) is 5.58. The highest BCUT2D eigenvalue weighted by molar-refractivity contribution is 7.86. The van der Waals surface area contributed by atoms with Crippen LogP contribution in [0, 0.1) is 0 Å². The lowest BCUT2D eigenvalue weighted by Gasteiger charge is -2.17. The Labute approximate surface area is 85.9 Å². The highest BCUT2D eigenvalue weighted by Gasteiger charge is 2.17. The van der Waals surface area contributed by atoms with E-state index in [-0.39, 0.29) is 0 Å². The van der Waals surface area contributed by atoms with Crippen LogP contribution in [-0.4, -0.2) is 17.4 Å². The highest BCUT2D eigenvalue weighted by Crippen LogP contribution is 2.09. The van der Waals surface area contributed by atoms with Crippen molar-refractivity contribution in [3.05, 3.63) is 11.9 Å². The van der Waals surface area contributed by atoms with E-state index in [1.165, 1.54) is 0 Å². The van der Waals surface area contributed by atoms with Crippen molar-refractivity contribution in [1.29, 1.82) is 0 Å². The molecule has 0 aromatic heterocycles. The molecule has 1 amide bonds. The molecule has 1 heterocycles. The van der Waals surface area contributed by atoms with Gasteiger partial charge in [0.05, 0.1) is 5.75 Å². The van der Waals surface area contributed by atoms with Crippen molar-refractivity contribution in [2.24, 2.45) is 10.1 Å². The SMILES string of the molecule is CC(C)(C)OC(=O)N=S1CC(N)=CN1. The summed E-state index contributed by atoms with van der Waals surface area (Å²) in [6, 6.07) is 0. The average Bonchev–Trinajstić information content (AvgIpc) is 2.30. The maximum Gasteiger partial charge on any atom is 0.441 e. The molecule has 1 unspecified atom stereocenters. The zero-order valence-corrected chi connectivity index (χ0v) is 9.35. The minimum Gasteiger partial charge on any atom is -0.442 e. The monoisotopic (exact) mass is 217 g/mol. The van der Waals surface area contributed by atoms with Gasteiger partial charge in [0.25, 0.3) is 0 Å². The van der Waals surface area contributed by atoms with E-state index >= 15 is 0 Å². The second-order valence-corrected chi connectivity index (χ2v) is 5.35. The number of nitrogens with one attached hydrogen (secondary N) is 1. The summed E-state index contributed by atoms with van der Waals surface area (Å²) in [5, 5.41) is 0. The van der Waals surface area contributed by atoms with Crippen molar-refractivity contribution < 1.29 is 9.53 Å². The summed E-state index contributed by atoms with van der Waals surface area (Å²) in [5.41, 5.74) is 5.73. The molecule has 0 aromatic rings. The minimum atomic E-state index is -0.545. The number of carbonyl (C=O) groups excluding carboxylic acids is 1. The molecule has 0 saturated heterocycles. The van der Waals surface area contributed by atoms with Crippen LogP contribution >= 0.6 is 0 Å². The van der Waals surface area contributed by atoms with E-state index < -0.39 is 22.6 Å². The van der Waals surface area contributed by atoms with Gasteiger partial charge in [-0.3, -0.25) is 0 Å². The Balaban J connectivity index is 2.49. The summed E-state index contributed by atoms with van der Waals surface area (Å²) in [6.45, 7) is 5.41. The van der Waals surface area contributed by atoms with Gasteiger partial charge in [-0.2, -0.15) is 0 Å². The summed E-state index contributed by atoms with van der Waals surface area (Å²) in [7, 11) is -0.539. The molecule has 0 spiro atoms. The largest absolute Gasteiger partial charge is 0.442 e. The maximum absolute atomic E-state index is 11.2. The van der Waals surface area contributed by atoms with Crippen molar-refractivity contribution >= 4 is 17.0 Å². The summed E-state index contributed by atoms with van der Waals surface area (Å²) in [6.07, 6.45) is 1.12. The summed E-state index contributed by atoms with van der Waals surface area (Å²) < 4.78 is 11.8. The van der Waals surface area contributed by atoms with Crippen molar-refractivity contribution in [2.45, 2.75) is 26.4 Å². The minimum absolute atomic E-state index is 0.497. The molecule has 14 heavy (non-hydrogen) atoms. The van der Waals surface area contributed by atoms with Gasteiger partial charge < -0.3 is 15.2 Å². The summed E-state index contributed by atoms with van der Waals surface area (Å²) >= 11 is 0. The normalized spacial score (nSPS) is 21.6. The van der Waals surface area contributed by atoms with Gasteiger partial charge in [-0.25, -0.2) is 4.79 Å². The molecule has 3 N–H and O–H groups in total. The van der Waals surface area contributed by atoms with E-state index in [2.05, 4.69) is 9.08 Å². The number of rotatable bonds is 0. The van der Waals surface area contributed by atoms with Crippen LogP contribution in [0.1, 0.15) is 20.8 Å². The molecular weight excluding hydrogens is 202 g/mol. The van der Waals surface area contributed by atoms with Gasteiger partial charge in [-0.15, -0.1) is 4.36 Å². The van der Waals surface area contributed by atoms with Crippen LogP contribution in [0.25, 0.3) is 0 Å². The number of hydrogen-bond donors (Lipinski definition) is 2. The second-order valence-electron chi connectivity index (χ2n) is 3.92. The third-order valence-electron chi connectivity index (χ3n) is 1.26. The number of hydrogen-bond acceptors (Lipinski definition) is 3. The van der Waals surface area contributed by atoms with Gasteiger partial charge in [-0.1, -0.05) is 0 Å². The van der Waals surface area contributed by atoms with E-state index in [1.54, 1.807) is 27.0 Å². The predicted molar refractivity (Wildman–Crippen MR) is 56.3 cm³/mol. The Hall–Kier alpha value is -1.04. The second kappa shape index (κ2) is 4.00. The molecule has 0 saturated carbocycles. The summed E-state index contributed by atoms with van der Waals surface area (Å²) in [4.78, 5) is 11.2. The van der Waals surface area contributed by atoms with Gasteiger partial charge in [0.15, 0.2) is 0 Å². The molecule has 6 heteroatoms. The van der Waals surface area contributed by atoms with Crippen LogP contribution in [0.2, 0.25) is 0 Å². The van der Waals surface area contributed by atoms with Crippen molar-refractivity contribution in [3.8, 4) is 0 Å². The molecular formula is C8H15N3O2S. The molecule has 5 nitrogen and oxygen atoms in total. The first-order chi connectivity index (χ1) is 6.37. The van der Waals surface area contributed by atoms with Crippen LogP contribution in [0.4, 0.5) is 4.79 Å². The van der Waals surface area contributed by atoms with Gasteiger partial charge in [-0.05, 0) is 20.8 Å². The highest BCUT2D eigenvalue weighted by atomic mass is 32.2. The maximum atomic E-state index is 11.2. The molecule has 1 aliphatic rings. The zero-order valence-electron chi connectivity index (χ0n) is 8.53. The van der Waals surface area contributed by atoms with Crippen molar-refractivity contribution in [1.82, 2.24) is 4.72 Å². The molecule has 0 bridgehead atoms. The number of ether oxygens (including phenoxy) is 1. The molecule has 0 radical (unpaired) electrons. The lowest BCUT2D eigenvalue weighted by molar-refractivity contribution is 0.0608. The van der Waals surface area contributed by atoms with Crippen molar-refractivity contribution in [3.63, 3.8) is 0 Å². The number of nitrogens with zero attached hydrogens (tertiary/aromatic N) is 1. The molecule has 0 fully saturated rings. The van der Waals surface area contributed by atoms with E-state index in [1.807, 2.05) is 0 Å². The molecule has 1 rings (SSSR count).